The van der Waals surface area contributed by atoms with Crippen LogP contribution in [0.3, 0.4) is 0 Å². The van der Waals surface area contributed by atoms with Crippen molar-refractivity contribution in [2.45, 2.75) is 51.7 Å². The molecule has 1 unspecified atom stereocenters. The van der Waals surface area contributed by atoms with Crippen molar-refractivity contribution >= 4 is 5.91 Å². The minimum absolute atomic E-state index is 0.00901. The third-order valence-corrected chi connectivity index (χ3v) is 3.66. The molecule has 1 aliphatic carbocycles. The Morgan fingerprint density at radius 2 is 2.37 bits per heavy atom. The summed E-state index contributed by atoms with van der Waals surface area (Å²) >= 11 is 0. The highest BCUT2D eigenvalue weighted by Gasteiger charge is 2.31. The first-order valence-electron chi connectivity index (χ1n) is 7.13. The maximum Gasteiger partial charge on any atom is 0.220 e. The molecule has 19 heavy (non-hydrogen) atoms. The molecule has 1 amide bonds. The molecule has 1 aromatic heterocycles. The quantitative estimate of drug-likeness (QED) is 0.794. The van der Waals surface area contributed by atoms with Gasteiger partial charge in [-0.15, -0.1) is 0 Å². The topological polar surface area (TPSA) is 67.0 Å². The number of H-pyrrole nitrogens is 1. The lowest BCUT2D eigenvalue weighted by molar-refractivity contribution is -0.125. The van der Waals surface area contributed by atoms with Crippen LogP contribution in [0.15, 0.2) is 12.4 Å². The summed E-state index contributed by atoms with van der Waals surface area (Å²) in [5, 5.41) is 3.04. The van der Waals surface area contributed by atoms with Gasteiger partial charge in [-0.05, 0) is 32.1 Å². The Bertz CT molecular complexity index is 385. The summed E-state index contributed by atoms with van der Waals surface area (Å²) in [5.41, 5.74) is 0. The third kappa shape index (κ3) is 3.80. The second-order valence-electron chi connectivity index (χ2n) is 5.12. The SMILES string of the molecule is CCOC1CC(CC(=O)NC(CC)c2ncc[nH]2)C1. The zero-order valence-corrected chi connectivity index (χ0v) is 11.7. The molecule has 5 nitrogen and oxygen atoms in total. The van der Waals surface area contributed by atoms with Gasteiger partial charge in [0.2, 0.25) is 5.91 Å². The molecule has 1 heterocycles. The van der Waals surface area contributed by atoms with Crippen molar-refractivity contribution in [1.82, 2.24) is 15.3 Å². The molecule has 1 aromatic rings. The van der Waals surface area contributed by atoms with Gasteiger partial charge < -0.3 is 15.0 Å². The van der Waals surface area contributed by atoms with Gasteiger partial charge in [0.1, 0.15) is 5.82 Å². The van der Waals surface area contributed by atoms with E-state index in [-0.39, 0.29) is 11.9 Å². The van der Waals surface area contributed by atoms with Crippen molar-refractivity contribution in [2.24, 2.45) is 5.92 Å². The van der Waals surface area contributed by atoms with E-state index in [1.807, 2.05) is 13.8 Å². The van der Waals surface area contributed by atoms with Crippen LogP contribution < -0.4 is 5.32 Å². The number of hydrogen-bond donors (Lipinski definition) is 2. The number of carbonyl (C=O) groups excluding carboxylic acids is 1. The Hall–Kier alpha value is -1.36. The molecule has 106 valence electrons. The van der Waals surface area contributed by atoms with E-state index in [1.165, 1.54) is 0 Å². The number of imidazole rings is 1. The number of aromatic amines is 1. The number of carbonyl (C=O) groups is 1. The van der Waals surface area contributed by atoms with Gasteiger partial charge in [0.25, 0.3) is 0 Å². The van der Waals surface area contributed by atoms with E-state index < -0.39 is 0 Å². The Morgan fingerprint density at radius 1 is 1.58 bits per heavy atom. The van der Waals surface area contributed by atoms with Gasteiger partial charge in [0, 0.05) is 25.4 Å². The Labute approximate surface area is 114 Å². The Morgan fingerprint density at radius 3 is 2.95 bits per heavy atom. The first-order chi connectivity index (χ1) is 9.22. The highest BCUT2D eigenvalue weighted by Crippen LogP contribution is 2.32. The van der Waals surface area contributed by atoms with Crippen LogP contribution in [0.4, 0.5) is 0 Å². The number of nitrogens with zero attached hydrogens (tertiary/aromatic N) is 1. The molecule has 2 rings (SSSR count). The minimum atomic E-state index is -0.00901. The zero-order valence-electron chi connectivity index (χ0n) is 11.7. The first-order valence-corrected chi connectivity index (χ1v) is 7.13. The van der Waals surface area contributed by atoms with Crippen LogP contribution in [0.2, 0.25) is 0 Å². The summed E-state index contributed by atoms with van der Waals surface area (Å²) in [6.45, 7) is 4.82. The smallest absolute Gasteiger partial charge is 0.220 e. The van der Waals surface area contributed by atoms with E-state index in [4.69, 9.17) is 4.74 Å². The van der Waals surface area contributed by atoms with Gasteiger partial charge in [-0.1, -0.05) is 6.92 Å². The molecule has 0 spiro atoms. The summed E-state index contributed by atoms with van der Waals surface area (Å²) in [7, 11) is 0. The van der Waals surface area contributed by atoms with Gasteiger partial charge in [0.05, 0.1) is 12.1 Å². The zero-order chi connectivity index (χ0) is 13.7. The van der Waals surface area contributed by atoms with E-state index in [2.05, 4.69) is 15.3 Å². The van der Waals surface area contributed by atoms with Crippen LogP contribution in [0.5, 0.6) is 0 Å². The number of hydrogen-bond acceptors (Lipinski definition) is 3. The average molecular weight is 265 g/mol. The van der Waals surface area contributed by atoms with Crippen molar-refractivity contribution in [3.63, 3.8) is 0 Å². The van der Waals surface area contributed by atoms with Gasteiger partial charge in [-0.3, -0.25) is 4.79 Å². The average Bonchev–Trinajstić information content (AvgIpc) is 2.87. The highest BCUT2D eigenvalue weighted by molar-refractivity contribution is 5.76. The normalized spacial score (nSPS) is 23.7. The lowest BCUT2D eigenvalue weighted by atomic mass is 9.80. The molecular formula is C14H23N3O2. The van der Waals surface area contributed by atoms with Gasteiger partial charge in [0.15, 0.2) is 0 Å². The number of ether oxygens (including phenoxy) is 1. The molecule has 1 fully saturated rings. The molecule has 2 N–H and O–H groups in total. The number of amides is 1. The third-order valence-electron chi connectivity index (χ3n) is 3.66. The summed E-state index contributed by atoms with van der Waals surface area (Å²) in [4.78, 5) is 19.2. The minimum Gasteiger partial charge on any atom is -0.378 e. The van der Waals surface area contributed by atoms with Crippen molar-refractivity contribution in [1.29, 1.82) is 0 Å². The molecule has 0 bridgehead atoms. The molecule has 0 radical (unpaired) electrons. The molecule has 0 aliphatic heterocycles. The van der Waals surface area contributed by atoms with Crippen molar-refractivity contribution in [3.05, 3.63) is 18.2 Å². The van der Waals surface area contributed by atoms with E-state index in [0.717, 1.165) is 31.7 Å². The highest BCUT2D eigenvalue weighted by atomic mass is 16.5. The van der Waals surface area contributed by atoms with Crippen LogP contribution in [-0.4, -0.2) is 28.6 Å². The van der Waals surface area contributed by atoms with E-state index >= 15 is 0 Å². The number of nitrogens with one attached hydrogen (secondary N) is 2. The van der Waals surface area contributed by atoms with Gasteiger partial charge in [-0.25, -0.2) is 4.98 Å². The maximum absolute atomic E-state index is 12.0. The first kappa shape index (κ1) is 14.1. The predicted octanol–water partition coefficient (Wildman–Crippen LogP) is 2.18. The van der Waals surface area contributed by atoms with E-state index in [9.17, 15) is 4.79 Å². The van der Waals surface area contributed by atoms with Crippen LogP contribution in [0.1, 0.15) is 51.4 Å². The summed E-state index contributed by atoms with van der Waals surface area (Å²) in [5.74, 6) is 1.42. The van der Waals surface area contributed by atoms with Crippen molar-refractivity contribution < 1.29 is 9.53 Å². The van der Waals surface area contributed by atoms with E-state index in [0.29, 0.717) is 18.4 Å². The van der Waals surface area contributed by atoms with Gasteiger partial charge in [-0.2, -0.15) is 0 Å². The molecule has 0 aromatic carbocycles. The number of aromatic nitrogens is 2. The van der Waals surface area contributed by atoms with Crippen LogP contribution >= 0.6 is 0 Å². The molecule has 0 saturated heterocycles. The molecule has 5 heteroatoms. The monoisotopic (exact) mass is 265 g/mol. The standard InChI is InChI=1S/C14H23N3O2/c1-3-12(14-15-5-6-16-14)17-13(18)9-10-7-11(8-10)19-4-2/h5-6,10-12H,3-4,7-9H2,1-2H3,(H,15,16)(H,17,18). The van der Waals surface area contributed by atoms with E-state index in [1.54, 1.807) is 12.4 Å². The fourth-order valence-corrected chi connectivity index (χ4v) is 2.56. The molecule has 1 atom stereocenters. The second kappa shape index (κ2) is 6.70. The summed E-state index contributed by atoms with van der Waals surface area (Å²) < 4.78 is 5.50. The maximum atomic E-state index is 12.0. The van der Waals surface area contributed by atoms with Gasteiger partial charge >= 0.3 is 0 Å². The van der Waals surface area contributed by atoms with Crippen molar-refractivity contribution in [2.75, 3.05) is 6.61 Å². The lowest BCUT2D eigenvalue weighted by Gasteiger charge is -2.34. The largest absolute Gasteiger partial charge is 0.378 e. The van der Waals surface area contributed by atoms with Crippen molar-refractivity contribution in [3.8, 4) is 0 Å². The van der Waals surface area contributed by atoms with Crippen LogP contribution in [0.25, 0.3) is 0 Å². The molecule has 1 saturated carbocycles. The Kier molecular flexibility index (Phi) is 4.96. The Balaban J connectivity index is 1.72. The lowest BCUT2D eigenvalue weighted by Crippen LogP contribution is -2.37. The fraction of sp³-hybridized carbons (Fsp3) is 0.714. The van der Waals surface area contributed by atoms with Crippen LogP contribution in [-0.2, 0) is 9.53 Å². The molecular weight excluding hydrogens is 242 g/mol. The summed E-state index contributed by atoms with van der Waals surface area (Å²) in [6.07, 6.45) is 7.32. The molecule has 1 aliphatic rings. The number of rotatable bonds is 7. The summed E-state index contributed by atoms with van der Waals surface area (Å²) in [6, 6.07) is -0.00901. The fourth-order valence-electron chi connectivity index (χ4n) is 2.56. The van der Waals surface area contributed by atoms with Crippen LogP contribution in [0, 0.1) is 5.92 Å². The predicted molar refractivity (Wildman–Crippen MR) is 72.5 cm³/mol. The second-order valence-corrected chi connectivity index (χ2v) is 5.12.